The molecule has 62 valence electrons. The Labute approximate surface area is 71.6 Å². The van der Waals surface area contributed by atoms with Gasteiger partial charge in [0, 0.05) is 5.38 Å². The molecule has 0 aliphatic rings. The fraction of sp³-hybridized carbons (Fsp3) is 0.625. The van der Waals surface area contributed by atoms with Crippen LogP contribution in [0.5, 0.6) is 0 Å². The first-order valence-corrected chi connectivity index (χ1v) is 4.72. The normalized spacial score (nSPS) is 10.9. The van der Waals surface area contributed by atoms with Crippen LogP contribution >= 0.6 is 11.5 Å². The number of hydrogen-bond donors (Lipinski definition) is 1. The molecule has 0 saturated carbocycles. The van der Waals surface area contributed by atoms with E-state index < -0.39 is 0 Å². The summed E-state index contributed by atoms with van der Waals surface area (Å²) in [5, 5.41) is 2.10. The molecule has 0 spiro atoms. The molecule has 0 fully saturated rings. The lowest BCUT2D eigenvalue weighted by molar-refractivity contribution is 0.810. The number of aromatic nitrogens is 1. The summed E-state index contributed by atoms with van der Waals surface area (Å²) >= 11 is 1.53. The topological polar surface area (TPSA) is 38.9 Å². The summed E-state index contributed by atoms with van der Waals surface area (Å²) in [4.78, 5) is 0. The van der Waals surface area contributed by atoms with Crippen molar-refractivity contribution in [3.63, 3.8) is 0 Å². The Balaban J connectivity index is 2.78. The zero-order chi connectivity index (χ0) is 8.27. The molecular weight excluding hydrogens is 156 g/mol. The molecule has 0 amide bonds. The van der Waals surface area contributed by atoms with E-state index in [1.807, 2.05) is 0 Å². The van der Waals surface area contributed by atoms with Gasteiger partial charge in [-0.2, -0.15) is 4.37 Å². The SMILES string of the molecule is CC(C)c1nscc1CCN. The number of nitrogens with zero attached hydrogens (tertiary/aromatic N) is 1. The van der Waals surface area contributed by atoms with Gasteiger partial charge in [-0.05, 0) is 36.0 Å². The average Bonchev–Trinajstić information content (AvgIpc) is 2.36. The average molecular weight is 170 g/mol. The first kappa shape index (κ1) is 8.68. The van der Waals surface area contributed by atoms with E-state index >= 15 is 0 Å². The van der Waals surface area contributed by atoms with Gasteiger partial charge in [-0.15, -0.1) is 0 Å². The summed E-state index contributed by atoms with van der Waals surface area (Å²) < 4.78 is 4.32. The van der Waals surface area contributed by atoms with Crippen LogP contribution in [-0.2, 0) is 6.42 Å². The lowest BCUT2D eigenvalue weighted by Crippen LogP contribution is -2.04. The molecule has 0 aromatic carbocycles. The van der Waals surface area contributed by atoms with E-state index in [9.17, 15) is 0 Å². The summed E-state index contributed by atoms with van der Waals surface area (Å²) in [6, 6.07) is 0. The minimum absolute atomic E-state index is 0.530. The van der Waals surface area contributed by atoms with Crippen molar-refractivity contribution in [3.8, 4) is 0 Å². The molecule has 0 unspecified atom stereocenters. The minimum atomic E-state index is 0.530. The standard InChI is InChI=1S/C8H14N2S/c1-6(2)8-7(3-4-9)5-11-10-8/h5-6H,3-4,9H2,1-2H3. The summed E-state index contributed by atoms with van der Waals surface area (Å²) in [6.07, 6.45) is 0.962. The van der Waals surface area contributed by atoms with Gasteiger partial charge in [0.15, 0.2) is 0 Å². The van der Waals surface area contributed by atoms with Crippen LogP contribution in [0.4, 0.5) is 0 Å². The maximum absolute atomic E-state index is 5.47. The molecule has 3 heteroatoms. The van der Waals surface area contributed by atoms with E-state index in [-0.39, 0.29) is 0 Å². The van der Waals surface area contributed by atoms with E-state index in [0.29, 0.717) is 5.92 Å². The summed E-state index contributed by atoms with van der Waals surface area (Å²) in [7, 11) is 0. The summed E-state index contributed by atoms with van der Waals surface area (Å²) in [5.74, 6) is 0.530. The first-order chi connectivity index (χ1) is 5.25. The van der Waals surface area contributed by atoms with Crippen LogP contribution in [0.15, 0.2) is 5.38 Å². The fourth-order valence-corrected chi connectivity index (χ4v) is 1.94. The third-order valence-electron chi connectivity index (χ3n) is 1.64. The predicted octanol–water partition coefficient (Wildman–Crippen LogP) is 1.77. The second kappa shape index (κ2) is 3.83. The Kier molecular flexibility index (Phi) is 3.02. The van der Waals surface area contributed by atoms with E-state index in [4.69, 9.17) is 5.73 Å². The van der Waals surface area contributed by atoms with Crippen LogP contribution in [0.1, 0.15) is 31.0 Å². The molecule has 0 saturated heterocycles. The number of rotatable bonds is 3. The Bertz CT molecular complexity index is 218. The van der Waals surface area contributed by atoms with Crippen molar-refractivity contribution in [2.45, 2.75) is 26.2 Å². The first-order valence-electron chi connectivity index (χ1n) is 3.89. The van der Waals surface area contributed by atoms with Gasteiger partial charge < -0.3 is 5.73 Å². The largest absolute Gasteiger partial charge is 0.330 e. The highest BCUT2D eigenvalue weighted by molar-refractivity contribution is 7.03. The third kappa shape index (κ3) is 2.01. The molecule has 1 aromatic rings. The molecule has 2 nitrogen and oxygen atoms in total. The van der Waals surface area contributed by atoms with Crippen molar-refractivity contribution < 1.29 is 0 Å². The maximum Gasteiger partial charge on any atom is 0.0599 e. The number of nitrogens with two attached hydrogens (primary N) is 1. The molecule has 11 heavy (non-hydrogen) atoms. The molecule has 1 rings (SSSR count). The van der Waals surface area contributed by atoms with Crippen molar-refractivity contribution in [3.05, 3.63) is 16.6 Å². The summed E-state index contributed by atoms with van der Waals surface area (Å²) in [6.45, 7) is 5.04. The molecule has 0 atom stereocenters. The zero-order valence-corrected chi connectivity index (χ0v) is 7.82. The Morgan fingerprint density at radius 2 is 2.36 bits per heavy atom. The maximum atomic E-state index is 5.47. The van der Waals surface area contributed by atoms with Gasteiger partial charge in [-0.25, -0.2) is 0 Å². The lowest BCUT2D eigenvalue weighted by atomic mass is 10.0. The second-order valence-corrected chi connectivity index (χ2v) is 3.55. The van der Waals surface area contributed by atoms with Crippen LogP contribution in [0.25, 0.3) is 0 Å². The van der Waals surface area contributed by atoms with Gasteiger partial charge >= 0.3 is 0 Å². The van der Waals surface area contributed by atoms with Crippen LogP contribution in [0, 0.1) is 0 Å². The Morgan fingerprint density at radius 3 is 2.91 bits per heavy atom. The predicted molar refractivity (Wildman–Crippen MR) is 49.0 cm³/mol. The molecule has 0 bridgehead atoms. The Morgan fingerprint density at radius 1 is 1.64 bits per heavy atom. The highest BCUT2D eigenvalue weighted by Crippen LogP contribution is 2.19. The van der Waals surface area contributed by atoms with E-state index in [0.717, 1.165) is 13.0 Å². The highest BCUT2D eigenvalue weighted by atomic mass is 32.1. The van der Waals surface area contributed by atoms with Crippen LogP contribution in [0.2, 0.25) is 0 Å². The van der Waals surface area contributed by atoms with Gasteiger partial charge in [0.2, 0.25) is 0 Å². The van der Waals surface area contributed by atoms with E-state index in [1.54, 1.807) is 0 Å². The third-order valence-corrected chi connectivity index (χ3v) is 2.33. The highest BCUT2D eigenvalue weighted by Gasteiger charge is 2.07. The summed E-state index contributed by atoms with van der Waals surface area (Å²) in [5.41, 5.74) is 8.01. The van der Waals surface area contributed by atoms with Gasteiger partial charge in [0.25, 0.3) is 0 Å². The van der Waals surface area contributed by atoms with Gasteiger partial charge in [-0.3, -0.25) is 0 Å². The quantitative estimate of drug-likeness (QED) is 0.751. The van der Waals surface area contributed by atoms with Crippen LogP contribution < -0.4 is 5.73 Å². The molecule has 0 aliphatic carbocycles. The molecule has 1 heterocycles. The van der Waals surface area contributed by atoms with Crippen molar-refractivity contribution in [1.29, 1.82) is 0 Å². The second-order valence-electron chi connectivity index (χ2n) is 2.92. The van der Waals surface area contributed by atoms with Gasteiger partial charge in [0.05, 0.1) is 5.69 Å². The van der Waals surface area contributed by atoms with Crippen molar-refractivity contribution >= 4 is 11.5 Å². The van der Waals surface area contributed by atoms with Crippen molar-refractivity contribution in [2.24, 2.45) is 5.73 Å². The van der Waals surface area contributed by atoms with Crippen molar-refractivity contribution in [1.82, 2.24) is 4.37 Å². The smallest absolute Gasteiger partial charge is 0.0599 e. The fourth-order valence-electron chi connectivity index (χ4n) is 1.08. The van der Waals surface area contributed by atoms with E-state index in [2.05, 4.69) is 23.6 Å². The zero-order valence-electron chi connectivity index (χ0n) is 7.00. The van der Waals surface area contributed by atoms with Gasteiger partial charge in [-0.1, -0.05) is 13.8 Å². The van der Waals surface area contributed by atoms with Crippen molar-refractivity contribution in [2.75, 3.05) is 6.54 Å². The number of hydrogen-bond acceptors (Lipinski definition) is 3. The monoisotopic (exact) mass is 170 g/mol. The molecule has 2 N–H and O–H groups in total. The molecule has 0 radical (unpaired) electrons. The van der Waals surface area contributed by atoms with Gasteiger partial charge in [0.1, 0.15) is 0 Å². The minimum Gasteiger partial charge on any atom is -0.330 e. The van der Waals surface area contributed by atoms with Crippen LogP contribution in [-0.4, -0.2) is 10.9 Å². The Hall–Kier alpha value is -0.410. The lowest BCUT2D eigenvalue weighted by Gasteiger charge is -2.02. The molecule has 1 aromatic heterocycles. The van der Waals surface area contributed by atoms with E-state index in [1.165, 1.54) is 22.8 Å². The molecule has 0 aliphatic heterocycles. The van der Waals surface area contributed by atoms with Crippen LogP contribution in [0.3, 0.4) is 0 Å². The molecular formula is C8H14N2S.